The summed E-state index contributed by atoms with van der Waals surface area (Å²) >= 11 is 0. The SMILES string of the molecule is Cc1ccc(N=Cc2c(N)nc(N3CC(F)(F)C(F)(F)C3)[nH]c2=O)c(C)c1. The number of aliphatic imine (C=N–C) groups is 1. The molecule has 2 aromatic rings. The molecule has 1 saturated heterocycles. The van der Waals surface area contributed by atoms with Crippen molar-refractivity contribution >= 4 is 23.7 Å². The Bertz CT molecular complexity index is 954. The number of hydrogen-bond donors (Lipinski definition) is 2. The number of H-pyrrole nitrogens is 1. The van der Waals surface area contributed by atoms with Crippen molar-refractivity contribution in [2.24, 2.45) is 4.99 Å². The Morgan fingerprint density at radius 3 is 2.41 bits per heavy atom. The normalized spacial score (nSPS) is 18.4. The van der Waals surface area contributed by atoms with Crippen molar-refractivity contribution in [3.05, 3.63) is 45.2 Å². The molecule has 3 rings (SSSR count). The molecular formula is C17H17F4N5O. The van der Waals surface area contributed by atoms with Crippen molar-refractivity contribution in [2.45, 2.75) is 25.7 Å². The van der Waals surface area contributed by atoms with E-state index in [1.54, 1.807) is 6.07 Å². The molecule has 1 aliphatic rings. The van der Waals surface area contributed by atoms with Gasteiger partial charge < -0.3 is 10.6 Å². The van der Waals surface area contributed by atoms with Crippen LogP contribution in [0.15, 0.2) is 28.0 Å². The summed E-state index contributed by atoms with van der Waals surface area (Å²) in [6, 6.07) is 5.53. The summed E-state index contributed by atoms with van der Waals surface area (Å²) in [5, 5.41) is 0. The van der Waals surface area contributed by atoms with Crippen LogP contribution in [0.3, 0.4) is 0 Å². The van der Waals surface area contributed by atoms with E-state index >= 15 is 0 Å². The topological polar surface area (TPSA) is 87.4 Å². The predicted octanol–water partition coefficient (Wildman–Crippen LogP) is 2.81. The molecule has 1 aliphatic heterocycles. The average molecular weight is 383 g/mol. The maximum absolute atomic E-state index is 13.3. The molecule has 1 aromatic carbocycles. The molecule has 0 amide bonds. The van der Waals surface area contributed by atoms with Crippen LogP contribution in [0.5, 0.6) is 0 Å². The highest BCUT2D eigenvalue weighted by Gasteiger charge is 2.63. The van der Waals surface area contributed by atoms with E-state index in [2.05, 4.69) is 15.0 Å². The summed E-state index contributed by atoms with van der Waals surface area (Å²) in [5.41, 5.74) is 7.43. The highest BCUT2D eigenvalue weighted by atomic mass is 19.3. The standard InChI is InChI=1S/C17H17F4N5O/c1-9-3-4-12(10(2)5-9)23-6-11-13(22)24-15(25-14(11)27)26-7-16(18,19)17(20,21)8-26/h3-6H,7-8H2,1-2H3,(H3,22,24,25,27). The lowest BCUT2D eigenvalue weighted by Crippen LogP contribution is -2.38. The van der Waals surface area contributed by atoms with Crippen molar-refractivity contribution in [2.75, 3.05) is 23.7 Å². The molecule has 1 aromatic heterocycles. The van der Waals surface area contributed by atoms with Crippen LogP contribution in [-0.2, 0) is 0 Å². The zero-order valence-corrected chi connectivity index (χ0v) is 14.6. The molecule has 144 valence electrons. The number of anilines is 2. The van der Waals surface area contributed by atoms with Crippen molar-refractivity contribution in [3.8, 4) is 0 Å². The second kappa shape index (κ2) is 6.36. The molecule has 1 fully saturated rings. The first-order chi connectivity index (χ1) is 12.5. The van der Waals surface area contributed by atoms with Crippen LogP contribution in [0.2, 0.25) is 0 Å². The first-order valence-electron chi connectivity index (χ1n) is 8.02. The fourth-order valence-corrected chi connectivity index (χ4v) is 2.76. The Kier molecular flexibility index (Phi) is 4.44. The van der Waals surface area contributed by atoms with Gasteiger partial charge in [-0.15, -0.1) is 0 Å². The average Bonchev–Trinajstić information content (AvgIpc) is 2.76. The van der Waals surface area contributed by atoms with Crippen molar-refractivity contribution in [3.63, 3.8) is 0 Å². The molecule has 2 heterocycles. The monoisotopic (exact) mass is 383 g/mol. The Labute approximate surface area is 151 Å². The number of aryl methyl sites for hydroxylation is 2. The number of alkyl halides is 4. The summed E-state index contributed by atoms with van der Waals surface area (Å²) in [6.45, 7) is 1.25. The molecule has 0 unspecified atom stereocenters. The number of benzene rings is 1. The van der Waals surface area contributed by atoms with Gasteiger partial charge in [0.1, 0.15) is 11.4 Å². The van der Waals surface area contributed by atoms with E-state index in [1.165, 1.54) is 6.21 Å². The minimum atomic E-state index is -4.22. The molecule has 0 saturated carbocycles. The minimum absolute atomic E-state index is 0.0866. The summed E-state index contributed by atoms with van der Waals surface area (Å²) < 4.78 is 53.4. The number of nitrogens with one attached hydrogen (secondary N) is 1. The third kappa shape index (κ3) is 3.51. The maximum Gasteiger partial charge on any atom is 0.329 e. The van der Waals surface area contributed by atoms with Gasteiger partial charge in [-0.2, -0.15) is 22.5 Å². The molecule has 27 heavy (non-hydrogen) atoms. The molecule has 10 heteroatoms. The second-order valence-corrected chi connectivity index (χ2v) is 6.50. The number of nitrogen functional groups attached to an aromatic ring is 1. The Hall–Kier alpha value is -2.91. The predicted molar refractivity (Wildman–Crippen MR) is 94.5 cm³/mol. The van der Waals surface area contributed by atoms with Crippen molar-refractivity contribution < 1.29 is 17.6 Å². The van der Waals surface area contributed by atoms with Gasteiger partial charge in [0.05, 0.1) is 18.8 Å². The van der Waals surface area contributed by atoms with Crippen molar-refractivity contribution in [1.29, 1.82) is 0 Å². The lowest BCUT2D eigenvalue weighted by molar-refractivity contribution is -0.172. The number of hydrogen-bond acceptors (Lipinski definition) is 5. The Morgan fingerprint density at radius 1 is 1.22 bits per heavy atom. The van der Waals surface area contributed by atoms with Crippen LogP contribution in [-0.4, -0.2) is 41.1 Å². The first-order valence-corrected chi connectivity index (χ1v) is 8.02. The van der Waals surface area contributed by atoms with E-state index in [-0.39, 0.29) is 11.4 Å². The van der Waals surface area contributed by atoms with Crippen LogP contribution in [0.25, 0.3) is 0 Å². The van der Waals surface area contributed by atoms with Crippen LogP contribution >= 0.6 is 0 Å². The van der Waals surface area contributed by atoms with Gasteiger partial charge in [0.15, 0.2) is 0 Å². The van der Waals surface area contributed by atoms with Gasteiger partial charge in [0, 0.05) is 6.21 Å². The van der Waals surface area contributed by atoms with E-state index < -0.39 is 36.4 Å². The number of halogens is 4. The van der Waals surface area contributed by atoms with E-state index in [0.29, 0.717) is 10.6 Å². The van der Waals surface area contributed by atoms with Gasteiger partial charge in [-0.1, -0.05) is 17.7 Å². The largest absolute Gasteiger partial charge is 0.383 e. The van der Waals surface area contributed by atoms with Gasteiger partial charge in [-0.05, 0) is 25.5 Å². The molecule has 0 radical (unpaired) electrons. The zero-order chi connectivity index (χ0) is 20.0. The Morgan fingerprint density at radius 2 is 1.85 bits per heavy atom. The third-order valence-corrected chi connectivity index (χ3v) is 4.27. The molecule has 0 aliphatic carbocycles. The summed E-state index contributed by atoms with van der Waals surface area (Å²) in [7, 11) is 0. The zero-order valence-electron chi connectivity index (χ0n) is 14.6. The summed E-state index contributed by atoms with van der Waals surface area (Å²) in [4.78, 5) is 23.0. The van der Waals surface area contributed by atoms with Gasteiger partial charge >= 0.3 is 11.8 Å². The molecule has 0 bridgehead atoms. The number of aromatic nitrogens is 2. The summed E-state index contributed by atoms with van der Waals surface area (Å²) in [6.07, 6.45) is 1.20. The summed E-state index contributed by atoms with van der Waals surface area (Å²) in [5.74, 6) is -9.16. The number of nitrogens with two attached hydrogens (primary N) is 1. The molecule has 0 spiro atoms. The quantitative estimate of drug-likeness (QED) is 0.630. The number of nitrogens with zero attached hydrogens (tertiary/aromatic N) is 3. The molecule has 6 nitrogen and oxygen atoms in total. The molecule has 3 N–H and O–H groups in total. The van der Waals surface area contributed by atoms with E-state index in [9.17, 15) is 22.4 Å². The van der Waals surface area contributed by atoms with Crippen molar-refractivity contribution in [1.82, 2.24) is 9.97 Å². The molecule has 0 atom stereocenters. The smallest absolute Gasteiger partial charge is 0.329 e. The highest BCUT2D eigenvalue weighted by molar-refractivity contribution is 5.87. The van der Waals surface area contributed by atoms with Crippen LogP contribution < -0.4 is 16.2 Å². The van der Waals surface area contributed by atoms with Crippen LogP contribution in [0, 0.1) is 13.8 Å². The van der Waals surface area contributed by atoms with E-state index in [4.69, 9.17) is 5.73 Å². The Balaban J connectivity index is 1.90. The number of rotatable bonds is 3. The lowest BCUT2D eigenvalue weighted by atomic mass is 10.1. The van der Waals surface area contributed by atoms with Gasteiger partial charge in [-0.3, -0.25) is 14.8 Å². The second-order valence-electron chi connectivity index (χ2n) is 6.50. The highest BCUT2D eigenvalue weighted by Crippen LogP contribution is 2.41. The number of aromatic amines is 1. The first kappa shape index (κ1) is 18.9. The fourth-order valence-electron chi connectivity index (χ4n) is 2.76. The van der Waals surface area contributed by atoms with E-state index in [0.717, 1.165) is 11.1 Å². The fraction of sp³-hybridized carbons (Fsp3) is 0.353. The van der Waals surface area contributed by atoms with Gasteiger partial charge in [0.25, 0.3) is 5.56 Å². The lowest BCUT2D eigenvalue weighted by Gasteiger charge is -2.15. The third-order valence-electron chi connectivity index (χ3n) is 4.27. The van der Waals surface area contributed by atoms with Gasteiger partial charge in [-0.25, -0.2) is 0 Å². The minimum Gasteiger partial charge on any atom is -0.383 e. The van der Waals surface area contributed by atoms with E-state index in [1.807, 2.05) is 26.0 Å². The van der Waals surface area contributed by atoms with Crippen LogP contribution in [0.1, 0.15) is 16.7 Å². The van der Waals surface area contributed by atoms with Crippen LogP contribution in [0.4, 0.5) is 35.0 Å². The molecular weight excluding hydrogens is 366 g/mol. The van der Waals surface area contributed by atoms with Gasteiger partial charge in [0.2, 0.25) is 5.95 Å². The maximum atomic E-state index is 13.3.